The summed E-state index contributed by atoms with van der Waals surface area (Å²) < 4.78 is 5.26. The molecule has 0 unspecified atom stereocenters. The van der Waals surface area contributed by atoms with Crippen LogP contribution in [0.2, 0.25) is 0 Å². The van der Waals surface area contributed by atoms with Crippen LogP contribution < -0.4 is 10.6 Å². The number of nitrogens with one attached hydrogen (secondary N) is 2. The van der Waals surface area contributed by atoms with E-state index < -0.39 is 23.4 Å². The van der Waals surface area contributed by atoms with Crippen molar-refractivity contribution in [2.24, 2.45) is 5.41 Å². The summed E-state index contributed by atoms with van der Waals surface area (Å²) in [6, 6.07) is 0. The van der Waals surface area contributed by atoms with Crippen LogP contribution in [0, 0.1) is 5.41 Å². The normalized spacial score (nSPS) is 13.4. The Morgan fingerprint density at radius 1 is 0.775 bits per heavy atom. The fourth-order valence-electron chi connectivity index (χ4n) is 3.14. The number of carbonyl (C=O) groups is 3. The van der Waals surface area contributed by atoms with Crippen LogP contribution in [0.25, 0.3) is 0 Å². The molecule has 2 amide bonds. The average Bonchev–Trinajstić information content (AvgIpc) is 2.93. The summed E-state index contributed by atoms with van der Waals surface area (Å²) in [5.74, 6) is -0.711. The molecule has 224 valence electrons. The van der Waals surface area contributed by atoms with E-state index in [1.54, 1.807) is 19.9 Å². The first kappa shape index (κ1) is 37.2. The van der Waals surface area contributed by atoms with Gasteiger partial charge in [0.2, 0.25) is 11.8 Å². The van der Waals surface area contributed by atoms with Gasteiger partial charge in [0.25, 0.3) is 0 Å². The lowest BCUT2D eigenvalue weighted by molar-refractivity contribution is -0.152. The first-order valence-electron chi connectivity index (χ1n) is 14.1. The van der Waals surface area contributed by atoms with Gasteiger partial charge in [0, 0.05) is 30.7 Å². The second-order valence-electron chi connectivity index (χ2n) is 9.79. The minimum absolute atomic E-state index is 0.104. The lowest BCUT2D eigenvalue weighted by Crippen LogP contribution is -2.47. The molecule has 0 saturated carbocycles. The molecule has 0 saturated heterocycles. The van der Waals surface area contributed by atoms with Gasteiger partial charge >= 0.3 is 5.97 Å². The van der Waals surface area contributed by atoms with Gasteiger partial charge < -0.3 is 20.5 Å². The zero-order valence-electron chi connectivity index (χ0n) is 24.5. The number of thiol groups is 1. The number of esters is 1. The third-order valence-electron chi connectivity index (χ3n) is 5.56. The minimum Gasteiger partial charge on any atom is -0.465 e. The Bertz CT molecular complexity index is 888. The SMILES string of the molecule is CC/C=C\C/C=C\C/C=C\C/C=C\C/C=C\C/C=C\CC(=O)OCC(C)(C)[C@@H](O)C(=O)NCCC(=O)NCCS. The Balaban J connectivity index is 4.03. The molecule has 0 radical (unpaired) electrons. The van der Waals surface area contributed by atoms with Crippen molar-refractivity contribution in [2.45, 2.75) is 78.2 Å². The van der Waals surface area contributed by atoms with Gasteiger partial charge in [-0.1, -0.05) is 93.7 Å². The molecule has 0 aliphatic carbocycles. The molecule has 40 heavy (non-hydrogen) atoms. The summed E-state index contributed by atoms with van der Waals surface area (Å²) in [6.45, 7) is 5.87. The molecule has 0 aromatic heterocycles. The van der Waals surface area contributed by atoms with Gasteiger partial charge in [0.15, 0.2) is 0 Å². The molecule has 0 heterocycles. The van der Waals surface area contributed by atoms with Crippen LogP contribution in [-0.4, -0.2) is 54.4 Å². The van der Waals surface area contributed by atoms with E-state index in [4.69, 9.17) is 4.74 Å². The standard InChI is InChI=1S/C32H50N2O5S/c1-4-5-6-7-8-9-10-11-12-13-14-15-16-17-18-19-20-21-22-29(36)39-27-32(2,3)30(37)31(38)34-24-23-28(35)33-25-26-40/h5-6,8-9,11-12,14-15,17-18,20-21,30,37,40H,4,7,10,13,16,19,22-27H2,1-3H3,(H,33,35)(H,34,38)/b6-5-,9-8-,12-11-,15-14-,18-17-,21-20-/t30-/m0/s1. The zero-order valence-corrected chi connectivity index (χ0v) is 25.4. The molecule has 8 heteroatoms. The van der Waals surface area contributed by atoms with Crippen LogP contribution in [0.5, 0.6) is 0 Å². The number of carbonyl (C=O) groups excluding carboxylic acids is 3. The van der Waals surface area contributed by atoms with Crippen LogP contribution in [0.4, 0.5) is 0 Å². The summed E-state index contributed by atoms with van der Waals surface area (Å²) in [4.78, 5) is 35.8. The van der Waals surface area contributed by atoms with E-state index in [9.17, 15) is 19.5 Å². The van der Waals surface area contributed by atoms with Crippen LogP contribution >= 0.6 is 12.6 Å². The Hall–Kier alpha value is -2.84. The highest BCUT2D eigenvalue weighted by molar-refractivity contribution is 7.80. The molecule has 0 aliphatic rings. The maximum absolute atomic E-state index is 12.2. The van der Waals surface area contributed by atoms with Crippen LogP contribution in [0.15, 0.2) is 72.9 Å². The lowest BCUT2D eigenvalue weighted by atomic mass is 9.87. The van der Waals surface area contributed by atoms with E-state index in [0.717, 1.165) is 38.5 Å². The van der Waals surface area contributed by atoms with Crippen molar-refractivity contribution in [3.8, 4) is 0 Å². The Kier molecular flexibility index (Phi) is 23.4. The molecule has 0 aromatic carbocycles. The minimum atomic E-state index is -1.38. The zero-order chi connectivity index (χ0) is 29.9. The van der Waals surface area contributed by atoms with Crippen molar-refractivity contribution in [1.82, 2.24) is 10.6 Å². The second kappa shape index (κ2) is 25.1. The van der Waals surface area contributed by atoms with Gasteiger partial charge in [-0.2, -0.15) is 12.6 Å². The summed E-state index contributed by atoms with van der Waals surface area (Å²) in [5.41, 5.74) is -0.980. The van der Waals surface area contributed by atoms with E-state index in [1.807, 2.05) is 12.2 Å². The monoisotopic (exact) mass is 574 g/mol. The molecule has 0 bridgehead atoms. The molecule has 3 N–H and O–H groups in total. The molecule has 7 nitrogen and oxygen atoms in total. The van der Waals surface area contributed by atoms with Crippen LogP contribution in [-0.2, 0) is 19.1 Å². The molecule has 0 fully saturated rings. The molecule has 0 aromatic rings. The number of aliphatic hydroxyl groups excluding tert-OH is 1. The summed E-state index contributed by atoms with van der Waals surface area (Å²) >= 11 is 4.01. The van der Waals surface area contributed by atoms with E-state index >= 15 is 0 Å². The molecular formula is C32H50N2O5S. The second-order valence-corrected chi connectivity index (χ2v) is 10.2. The third-order valence-corrected chi connectivity index (χ3v) is 5.78. The van der Waals surface area contributed by atoms with Gasteiger partial charge in [-0.15, -0.1) is 0 Å². The number of allylic oxidation sites excluding steroid dienone is 11. The number of ether oxygens (including phenoxy) is 1. The Labute approximate surface area is 247 Å². The van der Waals surface area contributed by atoms with E-state index in [2.05, 4.69) is 84.9 Å². The van der Waals surface area contributed by atoms with E-state index in [1.165, 1.54) is 0 Å². The summed E-state index contributed by atoms with van der Waals surface area (Å²) in [5, 5.41) is 15.5. The Morgan fingerprint density at radius 3 is 1.73 bits per heavy atom. The molecule has 0 aliphatic heterocycles. The van der Waals surface area contributed by atoms with Crippen molar-refractivity contribution < 1.29 is 24.2 Å². The lowest BCUT2D eigenvalue weighted by Gasteiger charge is -2.28. The highest BCUT2D eigenvalue weighted by Crippen LogP contribution is 2.21. The van der Waals surface area contributed by atoms with Gasteiger partial charge in [0.1, 0.15) is 6.10 Å². The third kappa shape index (κ3) is 22.0. The van der Waals surface area contributed by atoms with Gasteiger partial charge in [-0.3, -0.25) is 14.4 Å². The van der Waals surface area contributed by atoms with Crippen LogP contribution in [0.3, 0.4) is 0 Å². The molecule has 1 atom stereocenters. The smallest absolute Gasteiger partial charge is 0.309 e. The highest BCUT2D eigenvalue weighted by Gasteiger charge is 2.34. The maximum atomic E-state index is 12.2. The molecular weight excluding hydrogens is 524 g/mol. The Morgan fingerprint density at radius 2 is 1.25 bits per heavy atom. The summed E-state index contributed by atoms with van der Waals surface area (Å²) in [7, 11) is 0. The molecule has 0 spiro atoms. The fraction of sp³-hybridized carbons (Fsp3) is 0.531. The predicted octanol–water partition coefficient (Wildman–Crippen LogP) is 5.56. The van der Waals surface area contributed by atoms with Crippen molar-refractivity contribution in [2.75, 3.05) is 25.4 Å². The van der Waals surface area contributed by atoms with Gasteiger partial charge in [-0.05, 0) is 38.5 Å². The van der Waals surface area contributed by atoms with E-state index in [0.29, 0.717) is 12.3 Å². The highest BCUT2D eigenvalue weighted by atomic mass is 32.1. The summed E-state index contributed by atoms with van der Waals surface area (Å²) in [6.07, 6.45) is 29.5. The van der Waals surface area contributed by atoms with Crippen molar-refractivity contribution in [1.29, 1.82) is 0 Å². The van der Waals surface area contributed by atoms with Crippen molar-refractivity contribution in [3.05, 3.63) is 72.9 Å². The quantitative estimate of drug-likeness (QED) is 0.0770. The first-order chi connectivity index (χ1) is 19.2. The van der Waals surface area contributed by atoms with Gasteiger partial charge in [-0.25, -0.2) is 0 Å². The average molecular weight is 575 g/mol. The number of hydrogen-bond donors (Lipinski definition) is 4. The number of aliphatic hydroxyl groups is 1. The number of amides is 2. The van der Waals surface area contributed by atoms with E-state index in [-0.39, 0.29) is 31.9 Å². The topological polar surface area (TPSA) is 105 Å². The maximum Gasteiger partial charge on any atom is 0.309 e. The largest absolute Gasteiger partial charge is 0.465 e. The first-order valence-corrected chi connectivity index (χ1v) is 14.8. The predicted molar refractivity (Wildman–Crippen MR) is 168 cm³/mol. The van der Waals surface area contributed by atoms with Crippen molar-refractivity contribution in [3.63, 3.8) is 0 Å². The number of hydrogen-bond acceptors (Lipinski definition) is 6. The van der Waals surface area contributed by atoms with Crippen LogP contribution in [0.1, 0.15) is 72.1 Å². The number of rotatable bonds is 22. The fourth-order valence-corrected chi connectivity index (χ4v) is 3.25. The molecule has 0 rings (SSSR count). The van der Waals surface area contributed by atoms with Gasteiger partial charge in [0.05, 0.1) is 13.0 Å². The van der Waals surface area contributed by atoms with Crippen molar-refractivity contribution >= 4 is 30.4 Å².